The first-order valence-electron chi connectivity index (χ1n) is 7.12. The van der Waals surface area contributed by atoms with Crippen LogP contribution in [0.15, 0.2) is 42.5 Å². The number of ether oxygens (including phenoxy) is 1. The van der Waals surface area contributed by atoms with E-state index in [1.54, 1.807) is 17.0 Å². The minimum absolute atomic E-state index is 0.240. The van der Waals surface area contributed by atoms with Crippen LogP contribution in [0.2, 0.25) is 10.0 Å². The van der Waals surface area contributed by atoms with Crippen LogP contribution in [0.5, 0.6) is 0 Å². The Kier molecular flexibility index (Phi) is 4.55. The van der Waals surface area contributed by atoms with Crippen molar-refractivity contribution in [1.29, 1.82) is 0 Å². The largest absolute Gasteiger partial charge is 0.444 e. The second-order valence-corrected chi connectivity index (χ2v) is 5.97. The molecule has 0 spiro atoms. The van der Waals surface area contributed by atoms with Gasteiger partial charge < -0.3 is 4.74 Å². The number of carbonyl (C=O) groups excluding carboxylic acids is 1. The van der Waals surface area contributed by atoms with E-state index < -0.39 is 6.09 Å². The fourth-order valence-corrected chi connectivity index (χ4v) is 3.14. The van der Waals surface area contributed by atoms with Gasteiger partial charge >= 0.3 is 6.09 Å². The zero-order chi connectivity index (χ0) is 15.5. The average Bonchev–Trinajstić information content (AvgIpc) is 2.56. The van der Waals surface area contributed by atoms with Gasteiger partial charge in [-0.1, -0.05) is 53.5 Å². The fraction of sp³-hybridized carbons (Fsp3) is 0.235. The highest BCUT2D eigenvalue weighted by Gasteiger charge is 2.27. The van der Waals surface area contributed by atoms with E-state index in [9.17, 15) is 4.79 Å². The van der Waals surface area contributed by atoms with E-state index in [1.807, 2.05) is 30.3 Å². The number of halogens is 2. The van der Waals surface area contributed by atoms with E-state index in [4.69, 9.17) is 27.9 Å². The number of hydrogen-bond acceptors (Lipinski definition) is 2. The lowest BCUT2D eigenvalue weighted by Crippen LogP contribution is -2.36. The maximum Gasteiger partial charge on any atom is 0.414 e. The third kappa shape index (κ3) is 3.06. The maximum atomic E-state index is 12.4. The SMILES string of the molecule is O=C(OCc1ccccc1)N1CCCc2c(Cl)ccc(Cl)c21. The minimum atomic E-state index is -0.394. The van der Waals surface area contributed by atoms with Crippen LogP contribution in [0.3, 0.4) is 0 Å². The van der Waals surface area contributed by atoms with Gasteiger partial charge in [-0.25, -0.2) is 4.79 Å². The van der Waals surface area contributed by atoms with Crippen LogP contribution in [-0.2, 0) is 17.8 Å². The summed E-state index contributed by atoms with van der Waals surface area (Å²) < 4.78 is 5.40. The molecule has 1 amide bonds. The Bertz CT molecular complexity index is 689. The molecule has 1 aliphatic rings. The molecular weight excluding hydrogens is 321 g/mol. The molecule has 0 saturated carbocycles. The average molecular weight is 336 g/mol. The molecule has 1 aliphatic heterocycles. The van der Waals surface area contributed by atoms with Gasteiger partial charge in [0.15, 0.2) is 0 Å². The van der Waals surface area contributed by atoms with Crippen LogP contribution in [-0.4, -0.2) is 12.6 Å². The maximum absolute atomic E-state index is 12.4. The number of amides is 1. The second kappa shape index (κ2) is 6.59. The molecule has 0 bridgehead atoms. The molecule has 0 aliphatic carbocycles. The predicted octanol–water partition coefficient (Wildman–Crippen LogP) is 5.08. The van der Waals surface area contributed by atoms with E-state index in [2.05, 4.69) is 0 Å². The van der Waals surface area contributed by atoms with Crippen molar-refractivity contribution in [1.82, 2.24) is 0 Å². The number of anilines is 1. The molecule has 3 nitrogen and oxygen atoms in total. The summed E-state index contributed by atoms with van der Waals surface area (Å²) in [6.45, 7) is 0.824. The zero-order valence-electron chi connectivity index (χ0n) is 11.9. The fourth-order valence-electron chi connectivity index (χ4n) is 2.62. The highest BCUT2D eigenvalue weighted by Crippen LogP contribution is 2.38. The van der Waals surface area contributed by atoms with Crippen LogP contribution in [0, 0.1) is 0 Å². The Labute approximate surface area is 139 Å². The smallest absolute Gasteiger partial charge is 0.414 e. The van der Waals surface area contributed by atoms with Crippen LogP contribution >= 0.6 is 23.2 Å². The van der Waals surface area contributed by atoms with Crippen LogP contribution in [0.25, 0.3) is 0 Å². The molecule has 1 heterocycles. The lowest BCUT2D eigenvalue weighted by molar-refractivity contribution is 0.146. The van der Waals surface area contributed by atoms with Crippen molar-refractivity contribution in [3.05, 3.63) is 63.6 Å². The standard InChI is InChI=1S/C17H15Cl2NO2/c18-14-8-9-15(19)16-13(14)7-4-10-20(16)17(21)22-11-12-5-2-1-3-6-12/h1-3,5-6,8-9H,4,7,10-11H2. The number of benzene rings is 2. The monoisotopic (exact) mass is 335 g/mol. The lowest BCUT2D eigenvalue weighted by Gasteiger charge is -2.30. The summed E-state index contributed by atoms with van der Waals surface area (Å²) in [5.74, 6) is 0. The zero-order valence-corrected chi connectivity index (χ0v) is 13.4. The highest BCUT2D eigenvalue weighted by atomic mass is 35.5. The molecule has 2 aromatic carbocycles. The topological polar surface area (TPSA) is 29.5 Å². The summed E-state index contributed by atoms with van der Waals surface area (Å²) in [5.41, 5.74) is 2.54. The molecular formula is C17H15Cl2NO2. The van der Waals surface area contributed by atoms with Gasteiger partial charge in [-0.2, -0.15) is 0 Å². The molecule has 0 N–H and O–H groups in total. The summed E-state index contributed by atoms with van der Waals surface area (Å²) in [6.07, 6.45) is 1.26. The van der Waals surface area contributed by atoms with Crippen molar-refractivity contribution in [3.8, 4) is 0 Å². The Balaban J connectivity index is 1.79. The Morgan fingerprint density at radius 1 is 1.09 bits per heavy atom. The van der Waals surface area contributed by atoms with Crippen molar-refractivity contribution in [3.63, 3.8) is 0 Å². The van der Waals surface area contributed by atoms with Gasteiger partial charge in [0.05, 0.1) is 10.7 Å². The first-order chi connectivity index (χ1) is 10.7. The molecule has 22 heavy (non-hydrogen) atoms. The molecule has 0 fully saturated rings. The number of fused-ring (bicyclic) bond motifs is 1. The summed E-state index contributed by atoms with van der Waals surface area (Å²) >= 11 is 12.5. The summed E-state index contributed by atoms with van der Waals surface area (Å²) in [7, 11) is 0. The molecule has 2 aromatic rings. The van der Waals surface area contributed by atoms with E-state index in [0.29, 0.717) is 22.3 Å². The normalized spacial score (nSPS) is 13.6. The van der Waals surface area contributed by atoms with Crippen LogP contribution in [0.1, 0.15) is 17.5 Å². The Hall–Kier alpha value is -1.71. The van der Waals surface area contributed by atoms with Crippen molar-refractivity contribution in [2.24, 2.45) is 0 Å². The van der Waals surface area contributed by atoms with Gasteiger partial charge in [-0.05, 0) is 36.1 Å². The first-order valence-corrected chi connectivity index (χ1v) is 7.87. The van der Waals surface area contributed by atoms with Crippen molar-refractivity contribution >= 4 is 35.0 Å². The predicted molar refractivity (Wildman–Crippen MR) is 88.8 cm³/mol. The number of hydrogen-bond donors (Lipinski definition) is 0. The minimum Gasteiger partial charge on any atom is -0.444 e. The third-order valence-corrected chi connectivity index (χ3v) is 4.34. The summed E-state index contributed by atoms with van der Waals surface area (Å²) in [4.78, 5) is 14.0. The van der Waals surface area contributed by atoms with E-state index in [0.717, 1.165) is 24.0 Å². The van der Waals surface area contributed by atoms with Gasteiger partial charge in [-0.15, -0.1) is 0 Å². The lowest BCUT2D eigenvalue weighted by atomic mass is 10.0. The van der Waals surface area contributed by atoms with Crippen LogP contribution in [0.4, 0.5) is 10.5 Å². The van der Waals surface area contributed by atoms with Crippen molar-refractivity contribution in [2.45, 2.75) is 19.4 Å². The molecule has 0 aromatic heterocycles. The molecule has 0 saturated heterocycles. The van der Waals surface area contributed by atoms with E-state index in [-0.39, 0.29) is 6.61 Å². The summed E-state index contributed by atoms with van der Waals surface area (Å²) in [5, 5.41) is 1.16. The molecule has 3 rings (SSSR count). The van der Waals surface area contributed by atoms with Gasteiger partial charge in [0.2, 0.25) is 0 Å². The molecule has 0 unspecified atom stereocenters. The summed E-state index contributed by atoms with van der Waals surface area (Å²) in [6, 6.07) is 13.1. The van der Waals surface area contributed by atoms with Crippen LogP contribution < -0.4 is 4.90 Å². The number of nitrogens with zero attached hydrogens (tertiary/aromatic N) is 1. The quantitative estimate of drug-likeness (QED) is 0.765. The third-order valence-electron chi connectivity index (χ3n) is 3.68. The van der Waals surface area contributed by atoms with Crippen molar-refractivity contribution in [2.75, 3.05) is 11.4 Å². The van der Waals surface area contributed by atoms with E-state index >= 15 is 0 Å². The van der Waals surface area contributed by atoms with Gasteiger partial charge in [0.1, 0.15) is 6.61 Å². The Morgan fingerprint density at radius 3 is 2.59 bits per heavy atom. The second-order valence-electron chi connectivity index (χ2n) is 5.15. The van der Waals surface area contributed by atoms with Crippen molar-refractivity contribution < 1.29 is 9.53 Å². The van der Waals surface area contributed by atoms with Gasteiger partial charge in [0, 0.05) is 11.6 Å². The van der Waals surface area contributed by atoms with Gasteiger partial charge in [-0.3, -0.25) is 4.90 Å². The van der Waals surface area contributed by atoms with Gasteiger partial charge in [0.25, 0.3) is 0 Å². The highest BCUT2D eigenvalue weighted by molar-refractivity contribution is 6.36. The molecule has 5 heteroatoms. The molecule has 0 atom stereocenters. The number of rotatable bonds is 2. The molecule has 0 radical (unpaired) electrons. The first kappa shape index (κ1) is 15.2. The number of carbonyl (C=O) groups is 1. The van der Waals surface area contributed by atoms with E-state index in [1.165, 1.54) is 0 Å². The molecule has 114 valence electrons. The Morgan fingerprint density at radius 2 is 1.82 bits per heavy atom.